The van der Waals surface area contributed by atoms with E-state index in [1.54, 1.807) is 0 Å². The topological polar surface area (TPSA) is 67.5 Å². The molecule has 2 heterocycles. The van der Waals surface area contributed by atoms with Crippen LogP contribution in [0.5, 0.6) is 0 Å². The second-order valence-corrected chi connectivity index (χ2v) is 5.22. The van der Waals surface area contributed by atoms with Crippen molar-refractivity contribution in [1.29, 1.82) is 0 Å². The number of nitrogens with zero attached hydrogens (tertiary/aromatic N) is 2. The Morgan fingerprint density at radius 1 is 1.37 bits per heavy atom. The van der Waals surface area contributed by atoms with Gasteiger partial charge in [0.25, 0.3) is 5.56 Å². The van der Waals surface area contributed by atoms with Crippen LogP contribution in [0.2, 0.25) is 0 Å². The van der Waals surface area contributed by atoms with Gasteiger partial charge >= 0.3 is 0 Å². The summed E-state index contributed by atoms with van der Waals surface area (Å²) in [6.45, 7) is 1.41. The van der Waals surface area contributed by atoms with Crippen molar-refractivity contribution in [3.8, 4) is 0 Å². The maximum atomic E-state index is 11.3. The van der Waals surface area contributed by atoms with Crippen LogP contribution in [0.4, 0.5) is 5.82 Å². The van der Waals surface area contributed by atoms with Gasteiger partial charge in [0.1, 0.15) is 5.82 Å². The van der Waals surface area contributed by atoms with Gasteiger partial charge in [0, 0.05) is 32.0 Å². The summed E-state index contributed by atoms with van der Waals surface area (Å²) >= 11 is 0. The first kappa shape index (κ1) is 12.6. The van der Waals surface area contributed by atoms with Gasteiger partial charge in [-0.3, -0.25) is 4.79 Å². The third kappa shape index (κ3) is 2.50. The number of aromatic nitrogens is 2. The first-order chi connectivity index (χ1) is 9.19. The van der Waals surface area contributed by atoms with E-state index in [1.807, 2.05) is 7.05 Å². The molecule has 0 bridgehead atoms. The van der Waals surface area contributed by atoms with Gasteiger partial charge in [0.05, 0.1) is 19.5 Å². The van der Waals surface area contributed by atoms with Gasteiger partial charge in [-0.1, -0.05) is 0 Å². The van der Waals surface area contributed by atoms with Gasteiger partial charge in [-0.2, -0.15) is 0 Å². The zero-order valence-electron chi connectivity index (χ0n) is 11.1. The van der Waals surface area contributed by atoms with Crippen LogP contribution in [-0.4, -0.2) is 42.1 Å². The van der Waals surface area contributed by atoms with Crippen molar-refractivity contribution in [3.05, 3.63) is 22.7 Å². The molecule has 3 rings (SSSR count). The SMILES string of the molecule is CN(c1cc(=O)[nH]cn1)C1CCC2(CC1)OCCO2. The van der Waals surface area contributed by atoms with Crippen molar-refractivity contribution < 1.29 is 9.47 Å². The number of anilines is 1. The quantitative estimate of drug-likeness (QED) is 0.860. The van der Waals surface area contributed by atoms with E-state index in [-0.39, 0.29) is 11.3 Å². The number of rotatable bonds is 2. The van der Waals surface area contributed by atoms with E-state index >= 15 is 0 Å². The van der Waals surface area contributed by atoms with E-state index in [2.05, 4.69) is 14.9 Å². The molecule has 1 spiro atoms. The zero-order chi connectivity index (χ0) is 13.3. The van der Waals surface area contributed by atoms with Gasteiger partial charge in [-0.25, -0.2) is 4.98 Å². The summed E-state index contributed by atoms with van der Waals surface area (Å²) in [5.41, 5.74) is -0.119. The minimum absolute atomic E-state index is 0.119. The number of aromatic amines is 1. The largest absolute Gasteiger partial charge is 0.356 e. The lowest BCUT2D eigenvalue weighted by Crippen LogP contribution is -2.43. The van der Waals surface area contributed by atoms with Crippen molar-refractivity contribution in [2.45, 2.75) is 37.5 Å². The van der Waals surface area contributed by atoms with E-state index < -0.39 is 0 Å². The smallest absolute Gasteiger partial charge is 0.252 e. The molecule has 1 aromatic rings. The number of H-pyrrole nitrogens is 1. The van der Waals surface area contributed by atoms with Crippen LogP contribution in [0.15, 0.2) is 17.2 Å². The molecule has 0 unspecified atom stereocenters. The lowest BCUT2D eigenvalue weighted by molar-refractivity contribution is -0.178. The van der Waals surface area contributed by atoms with Crippen molar-refractivity contribution in [2.24, 2.45) is 0 Å². The Labute approximate surface area is 111 Å². The van der Waals surface area contributed by atoms with E-state index in [1.165, 1.54) is 12.4 Å². The molecule has 1 aliphatic carbocycles. The van der Waals surface area contributed by atoms with Crippen molar-refractivity contribution in [2.75, 3.05) is 25.2 Å². The Morgan fingerprint density at radius 2 is 2.05 bits per heavy atom. The molecule has 19 heavy (non-hydrogen) atoms. The zero-order valence-corrected chi connectivity index (χ0v) is 11.1. The van der Waals surface area contributed by atoms with Crippen LogP contribution in [0.3, 0.4) is 0 Å². The average Bonchev–Trinajstić information content (AvgIpc) is 2.87. The summed E-state index contributed by atoms with van der Waals surface area (Å²) in [4.78, 5) is 20.1. The van der Waals surface area contributed by atoms with Gasteiger partial charge in [0.2, 0.25) is 0 Å². The second-order valence-electron chi connectivity index (χ2n) is 5.22. The third-order valence-electron chi connectivity index (χ3n) is 4.10. The normalized spacial score (nSPS) is 22.8. The molecule has 2 aliphatic rings. The standard InChI is InChI=1S/C13H19N3O3/c1-16(11-8-12(17)15-9-14-11)10-2-4-13(5-3-10)18-6-7-19-13/h8-10H,2-7H2,1H3,(H,14,15,17). The van der Waals surface area contributed by atoms with Crippen LogP contribution in [0, 0.1) is 0 Å². The predicted molar refractivity (Wildman–Crippen MR) is 70.2 cm³/mol. The van der Waals surface area contributed by atoms with Gasteiger partial charge < -0.3 is 19.4 Å². The van der Waals surface area contributed by atoms with E-state index in [4.69, 9.17) is 9.47 Å². The Balaban J connectivity index is 1.66. The molecule has 1 saturated carbocycles. The van der Waals surface area contributed by atoms with Crippen molar-refractivity contribution in [3.63, 3.8) is 0 Å². The molecule has 1 aliphatic heterocycles. The fourth-order valence-electron chi connectivity index (χ4n) is 2.95. The monoisotopic (exact) mass is 265 g/mol. The minimum Gasteiger partial charge on any atom is -0.356 e. The molecule has 1 N–H and O–H groups in total. The summed E-state index contributed by atoms with van der Waals surface area (Å²) in [5, 5.41) is 0. The molecule has 0 radical (unpaired) electrons. The lowest BCUT2D eigenvalue weighted by atomic mass is 9.89. The molecule has 6 nitrogen and oxygen atoms in total. The summed E-state index contributed by atoms with van der Waals surface area (Å²) in [6.07, 6.45) is 5.24. The molecular formula is C13H19N3O3. The predicted octanol–water partition coefficient (Wildman–Crippen LogP) is 0.892. The van der Waals surface area contributed by atoms with E-state index in [9.17, 15) is 4.79 Å². The summed E-state index contributed by atoms with van der Waals surface area (Å²) in [6, 6.07) is 1.92. The molecule has 0 atom stereocenters. The second kappa shape index (κ2) is 4.94. The Bertz CT molecular complexity index is 486. The van der Waals surface area contributed by atoms with Gasteiger partial charge in [0.15, 0.2) is 5.79 Å². The number of hydrogen-bond acceptors (Lipinski definition) is 5. The Hall–Kier alpha value is -1.40. The van der Waals surface area contributed by atoms with Crippen molar-refractivity contribution in [1.82, 2.24) is 9.97 Å². The molecule has 1 aromatic heterocycles. The summed E-state index contributed by atoms with van der Waals surface area (Å²) in [7, 11) is 1.99. The first-order valence-corrected chi connectivity index (χ1v) is 6.74. The molecule has 6 heteroatoms. The summed E-state index contributed by atoms with van der Waals surface area (Å²) < 4.78 is 11.4. The number of hydrogen-bond donors (Lipinski definition) is 1. The maximum Gasteiger partial charge on any atom is 0.252 e. The average molecular weight is 265 g/mol. The molecule has 0 aromatic carbocycles. The highest BCUT2D eigenvalue weighted by atomic mass is 16.7. The molecule has 0 amide bonds. The van der Waals surface area contributed by atoms with Crippen molar-refractivity contribution >= 4 is 5.82 Å². The number of nitrogens with one attached hydrogen (secondary N) is 1. The van der Waals surface area contributed by atoms with Crippen LogP contribution in [0.1, 0.15) is 25.7 Å². The molecular weight excluding hydrogens is 246 g/mol. The van der Waals surface area contributed by atoms with Crippen LogP contribution >= 0.6 is 0 Å². The Kier molecular flexibility index (Phi) is 3.28. The lowest BCUT2D eigenvalue weighted by Gasteiger charge is -2.39. The molecule has 2 fully saturated rings. The molecule has 104 valence electrons. The molecule has 1 saturated heterocycles. The van der Waals surface area contributed by atoms with E-state index in [0.29, 0.717) is 19.3 Å². The fraction of sp³-hybridized carbons (Fsp3) is 0.692. The van der Waals surface area contributed by atoms with Crippen LogP contribution in [0.25, 0.3) is 0 Å². The van der Waals surface area contributed by atoms with Crippen LogP contribution in [-0.2, 0) is 9.47 Å². The highest BCUT2D eigenvalue weighted by Gasteiger charge is 2.41. The van der Waals surface area contributed by atoms with E-state index in [0.717, 1.165) is 31.5 Å². The Morgan fingerprint density at radius 3 is 2.68 bits per heavy atom. The highest BCUT2D eigenvalue weighted by molar-refractivity contribution is 5.36. The van der Waals surface area contributed by atoms with Gasteiger partial charge in [-0.05, 0) is 12.8 Å². The van der Waals surface area contributed by atoms with Crippen LogP contribution < -0.4 is 10.5 Å². The third-order valence-corrected chi connectivity index (χ3v) is 4.10. The van der Waals surface area contributed by atoms with Gasteiger partial charge in [-0.15, -0.1) is 0 Å². The highest BCUT2D eigenvalue weighted by Crippen LogP contribution is 2.37. The maximum absolute atomic E-state index is 11.3. The summed E-state index contributed by atoms with van der Waals surface area (Å²) in [5.74, 6) is 0.386. The first-order valence-electron chi connectivity index (χ1n) is 6.74. The fourth-order valence-corrected chi connectivity index (χ4v) is 2.95. The number of ether oxygens (including phenoxy) is 2. The minimum atomic E-state index is -0.334.